The molecule has 0 radical (unpaired) electrons. The van der Waals surface area contributed by atoms with Crippen molar-refractivity contribution in [1.29, 1.82) is 0 Å². The second-order valence-corrected chi connectivity index (χ2v) is 6.63. The largest absolute Gasteiger partial charge is 0.380 e. The number of likely N-dealkylation sites (tertiary alicyclic amines) is 1. The predicted octanol–water partition coefficient (Wildman–Crippen LogP) is 2.12. The highest BCUT2D eigenvalue weighted by molar-refractivity contribution is 4.91. The first-order valence-corrected chi connectivity index (χ1v) is 7.71. The summed E-state index contributed by atoms with van der Waals surface area (Å²) in [4.78, 5) is 2.62. The minimum absolute atomic E-state index is 0.578. The van der Waals surface area contributed by atoms with Crippen molar-refractivity contribution >= 4 is 0 Å². The highest BCUT2D eigenvalue weighted by Crippen LogP contribution is 2.35. The van der Waals surface area contributed by atoms with Gasteiger partial charge in [0, 0.05) is 26.2 Å². The third-order valence-corrected chi connectivity index (χ3v) is 4.30. The average Bonchev–Trinajstić information content (AvgIpc) is 2.36. The van der Waals surface area contributed by atoms with Crippen LogP contribution in [0.1, 0.15) is 39.5 Å². The van der Waals surface area contributed by atoms with Gasteiger partial charge in [-0.15, -0.1) is 0 Å². The van der Waals surface area contributed by atoms with Gasteiger partial charge in [0.1, 0.15) is 0 Å². The van der Waals surface area contributed by atoms with Crippen molar-refractivity contribution in [1.82, 2.24) is 10.2 Å². The maximum Gasteiger partial charge on any atom is 0.0593 e. The summed E-state index contributed by atoms with van der Waals surface area (Å²) in [5.41, 5.74) is 0.578. The van der Waals surface area contributed by atoms with E-state index in [1.165, 1.54) is 51.9 Å². The maximum absolute atomic E-state index is 5.72. The molecule has 2 heterocycles. The van der Waals surface area contributed by atoms with Crippen molar-refractivity contribution in [2.75, 3.05) is 45.9 Å². The first kappa shape index (κ1) is 14.3. The second-order valence-electron chi connectivity index (χ2n) is 6.63. The molecule has 0 amide bonds. The van der Waals surface area contributed by atoms with E-state index < -0.39 is 0 Å². The van der Waals surface area contributed by atoms with Gasteiger partial charge in [0.05, 0.1) is 6.61 Å². The number of rotatable bonds is 5. The quantitative estimate of drug-likeness (QED) is 0.761. The Balaban J connectivity index is 1.69. The van der Waals surface area contributed by atoms with E-state index in [1.807, 2.05) is 0 Å². The van der Waals surface area contributed by atoms with Crippen LogP contribution in [0.5, 0.6) is 0 Å². The lowest BCUT2D eigenvalue weighted by Crippen LogP contribution is -2.51. The van der Waals surface area contributed by atoms with E-state index in [0.29, 0.717) is 11.3 Å². The van der Waals surface area contributed by atoms with Gasteiger partial charge >= 0.3 is 0 Å². The summed E-state index contributed by atoms with van der Waals surface area (Å²) in [6.07, 6.45) is 5.57. The summed E-state index contributed by atoms with van der Waals surface area (Å²) in [6.45, 7) is 12.4. The standard InChI is InChI=1S/C15H30N2O/c1-14(2)11-18-10-9-17-8-4-6-15(13-17)5-3-7-16-12-15/h14,16H,3-13H2,1-2H3. The highest BCUT2D eigenvalue weighted by Gasteiger charge is 2.36. The van der Waals surface area contributed by atoms with Gasteiger partial charge in [-0.05, 0) is 50.1 Å². The van der Waals surface area contributed by atoms with Crippen molar-refractivity contribution in [3.63, 3.8) is 0 Å². The smallest absolute Gasteiger partial charge is 0.0593 e. The fourth-order valence-corrected chi connectivity index (χ4v) is 3.39. The maximum atomic E-state index is 5.72. The van der Waals surface area contributed by atoms with E-state index in [0.717, 1.165) is 19.8 Å². The molecule has 0 aliphatic carbocycles. The molecule has 1 atom stereocenters. The summed E-state index contributed by atoms with van der Waals surface area (Å²) in [6, 6.07) is 0. The normalized spacial score (nSPS) is 30.2. The number of nitrogens with zero attached hydrogens (tertiary/aromatic N) is 1. The van der Waals surface area contributed by atoms with Crippen LogP contribution < -0.4 is 5.32 Å². The number of hydrogen-bond donors (Lipinski definition) is 1. The van der Waals surface area contributed by atoms with Crippen LogP contribution in [0, 0.1) is 11.3 Å². The van der Waals surface area contributed by atoms with Gasteiger partial charge in [0.15, 0.2) is 0 Å². The van der Waals surface area contributed by atoms with Crippen LogP contribution >= 0.6 is 0 Å². The molecule has 18 heavy (non-hydrogen) atoms. The van der Waals surface area contributed by atoms with E-state index in [2.05, 4.69) is 24.1 Å². The van der Waals surface area contributed by atoms with Crippen molar-refractivity contribution < 1.29 is 4.74 Å². The lowest BCUT2D eigenvalue weighted by atomic mass is 9.74. The van der Waals surface area contributed by atoms with E-state index >= 15 is 0 Å². The van der Waals surface area contributed by atoms with Crippen molar-refractivity contribution in [3.8, 4) is 0 Å². The predicted molar refractivity (Wildman–Crippen MR) is 75.9 cm³/mol. The van der Waals surface area contributed by atoms with Crippen LogP contribution in [0.3, 0.4) is 0 Å². The molecule has 1 N–H and O–H groups in total. The zero-order chi connectivity index (χ0) is 12.8. The number of hydrogen-bond acceptors (Lipinski definition) is 3. The summed E-state index contributed by atoms with van der Waals surface area (Å²) in [7, 11) is 0. The fourth-order valence-electron chi connectivity index (χ4n) is 3.39. The molecule has 0 saturated carbocycles. The molecule has 0 bridgehead atoms. The topological polar surface area (TPSA) is 24.5 Å². The van der Waals surface area contributed by atoms with Gasteiger partial charge in [-0.25, -0.2) is 0 Å². The minimum Gasteiger partial charge on any atom is -0.380 e. The molecule has 2 saturated heterocycles. The lowest BCUT2D eigenvalue weighted by Gasteiger charge is -2.45. The van der Waals surface area contributed by atoms with Crippen molar-refractivity contribution in [3.05, 3.63) is 0 Å². The van der Waals surface area contributed by atoms with E-state index in [1.54, 1.807) is 0 Å². The first-order chi connectivity index (χ1) is 8.70. The minimum atomic E-state index is 0.578. The van der Waals surface area contributed by atoms with Gasteiger partial charge in [-0.1, -0.05) is 13.8 Å². The molecular formula is C15H30N2O. The summed E-state index contributed by atoms with van der Waals surface area (Å²) in [5, 5.41) is 3.59. The average molecular weight is 254 g/mol. The zero-order valence-electron chi connectivity index (χ0n) is 12.2. The molecular weight excluding hydrogens is 224 g/mol. The Bertz CT molecular complexity index is 231. The van der Waals surface area contributed by atoms with Gasteiger partial charge in [0.25, 0.3) is 0 Å². The molecule has 1 unspecified atom stereocenters. The third kappa shape index (κ3) is 4.22. The van der Waals surface area contributed by atoms with E-state index in [-0.39, 0.29) is 0 Å². The van der Waals surface area contributed by atoms with Crippen molar-refractivity contribution in [2.24, 2.45) is 11.3 Å². The van der Waals surface area contributed by atoms with Gasteiger partial charge in [-0.2, -0.15) is 0 Å². The Morgan fingerprint density at radius 1 is 1.28 bits per heavy atom. The molecule has 1 spiro atoms. The number of piperidine rings is 2. The molecule has 2 rings (SSSR count). The Morgan fingerprint density at radius 2 is 2.11 bits per heavy atom. The molecule has 106 valence electrons. The monoisotopic (exact) mass is 254 g/mol. The summed E-state index contributed by atoms with van der Waals surface area (Å²) >= 11 is 0. The summed E-state index contributed by atoms with van der Waals surface area (Å²) in [5.74, 6) is 0.653. The van der Waals surface area contributed by atoms with Crippen molar-refractivity contribution in [2.45, 2.75) is 39.5 Å². The van der Waals surface area contributed by atoms with E-state index in [4.69, 9.17) is 4.74 Å². The second kappa shape index (κ2) is 6.88. The molecule has 0 aromatic rings. The molecule has 2 fully saturated rings. The Hall–Kier alpha value is -0.120. The van der Waals surface area contributed by atoms with Crippen LogP contribution in [0.15, 0.2) is 0 Å². The van der Waals surface area contributed by atoms with Gasteiger partial charge < -0.3 is 15.0 Å². The number of ether oxygens (including phenoxy) is 1. The van der Waals surface area contributed by atoms with Gasteiger partial charge in [0.2, 0.25) is 0 Å². The lowest BCUT2D eigenvalue weighted by molar-refractivity contribution is 0.0328. The third-order valence-electron chi connectivity index (χ3n) is 4.30. The van der Waals surface area contributed by atoms with Crippen LogP contribution in [0.25, 0.3) is 0 Å². The number of nitrogens with one attached hydrogen (secondary N) is 1. The molecule has 3 nitrogen and oxygen atoms in total. The molecule has 2 aliphatic heterocycles. The molecule has 2 aliphatic rings. The SMILES string of the molecule is CC(C)COCCN1CCCC2(CCCNC2)C1. The highest BCUT2D eigenvalue weighted by atomic mass is 16.5. The first-order valence-electron chi connectivity index (χ1n) is 7.71. The zero-order valence-corrected chi connectivity index (χ0v) is 12.2. The van der Waals surface area contributed by atoms with Crippen LogP contribution in [0.2, 0.25) is 0 Å². The Labute approximate surface area is 112 Å². The van der Waals surface area contributed by atoms with Crippen LogP contribution in [-0.2, 0) is 4.74 Å². The molecule has 3 heteroatoms. The van der Waals surface area contributed by atoms with Crippen LogP contribution in [-0.4, -0.2) is 50.8 Å². The van der Waals surface area contributed by atoms with Crippen LogP contribution in [0.4, 0.5) is 0 Å². The summed E-state index contributed by atoms with van der Waals surface area (Å²) < 4.78 is 5.72. The van der Waals surface area contributed by atoms with E-state index in [9.17, 15) is 0 Å². The van der Waals surface area contributed by atoms with Gasteiger partial charge in [-0.3, -0.25) is 0 Å². The Morgan fingerprint density at radius 3 is 2.83 bits per heavy atom. The Kier molecular flexibility index (Phi) is 5.46. The molecule has 0 aromatic carbocycles. The molecule has 0 aromatic heterocycles. The fraction of sp³-hybridized carbons (Fsp3) is 1.00.